The van der Waals surface area contributed by atoms with Crippen LogP contribution in [0, 0.1) is 34.4 Å². The number of amides is 2. The van der Waals surface area contributed by atoms with E-state index in [2.05, 4.69) is 57.2 Å². The van der Waals surface area contributed by atoms with Crippen molar-refractivity contribution in [2.24, 2.45) is 5.92 Å². The molecule has 0 spiro atoms. The number of fused-ring (bicyclic) bond motifs is 6. The largest absolute Gasteiger partial charge is 0.367 e. The SMILES string of the molecule is CC(C)CCNc1nc2cc(C#N)ccc2n2c(-c3ccc(C(=O)NC4CC4)c(Cl)c3)cnc12.N#Cc1ccc2c(c1)nc(NCc1ccccc1F)c1ncc(-c3ccc(C(=O)NC4CC4)c(Cl)c3)n12. The quantitative estimate of drug-likeness (QED) is 0.0865. The molecule has 2 aliphatic carbocycles. The number of nitriles is 2. The molecule has 0 bridgehead atoms. The van der Waals surface area contributed by atoms with Gasteiger partial charge in [0.15, 0.2) is 22.9 Å². The molecule has 9 aromatic rings. The Bertz CT molecular complexity index is 3660. The summed E-state index contributed by atoms with van der Waals surface area (Å²) in [6, 6.07) is 32.8. The number of imidazole rings is 2. The van der Waals surface area contributed by atoms with Crippen molar-refractivity contribution in [3.63, 3.8) is 0 Å². The Labute approximate surface area is 417 Å². The Morgan fingerprint density at radius 3 is 1.63 bits per heavy atom. The Morgan fingerprint density at radius 2 is 1.18 bits per heavy atom. The van der Waals surface area contributed by atoms with E-state index < -0.39 is 0 Å². The first-order valence-electron chi connectivity index (χ1n) is 23.3. The van der Waals surface area contributed by atoms with Crippen molar-refractivity contribution < 1.29 is 14.0 Å². The van der Waals surface area contributed by atoms with Crippen LogP contribution in [-0.4, -0.2) is 59.2 Å². The summed E-state index contributed by atoms with van der Waals surface area (Å²) in [5, 5.41) is 32.1. The number of carbonyl (C=O) groups excluding carboxylic acids is 2. The fraction of sp³-hybridized carbons (Fsp3) is 0.222. The van der Waals surface area contributed by atoms with Gasteiger partial charge in [0.25, 0.3) is 11.8 Å². The Morgan fingerprint density at radius 1 is 0.690 bits per heavy atom. The van der Waals surface area contributed by atoms with E-state index in [1.807, 2.05) is 33.1 Å². The first-order chi connectivity index (χ1) is 34.5. The molecular weight excluding hydrogens is 939 g/mol. The van der Waals surface area contributed by atoms with E-state index in [1.54, 1.807) is 79.1 Å². The lowest BCUT2D eigenvalue weighted by Gasteiger charge is -2.13. The highest BCUT2D eigenvalue weighted by Crippen LogP contribution is 2.34. The molecule has 354 valence electrons. The molecule has 0 atom stereocenters. The lowest BCUT2D eigenvalue weighted by Crippen LogP contribution is -2.25. The minimum Gasteiger partial charge on any atom is -0.367 e. The van der Waals surface area contributed by atoms with Crippen LogP contribution in [0.1, 0.15) is 83.4 Å². The van der Waals surface area contributed by atoms with Crippen LogP contribution in [-0.2, 0) is 6.54 Å². The van der Waals surface area contributed by atoms with Crippen LogP contribution >= 0.6 is 23.2 Å². The van der Waals surface area contributed by atoms with Gasteiger partial charge in [-0.15, -0.1) is 0 Å². The Balaban J connectivity index is 0.000000165. The number of anilines is 2. The predicted octanol–water partition coefficient (Wildman–Crippen LogP) is 11.1. The second-order valence-corrected chi connectivity index (χ2v) is 18.9. The molecule has 4 heterocycles. The van der Waals surface area contributed by atoms with Crippen LogP contribution in [0.2, 0.25) is 10.0 Å². The van der Waals surface area contributed by atoms with Gasteiger partial charge in [-0.1, -0.05) is 67.4 Å². The van der Waals surface area contributed by atoms with Gasteiger partial charge in [0.05, 0.1) is 90.3 Å². The summed E-state index contributed by atoms with van der Waals surface area (Å²) in [5.74, 6) is 1.03. The smallest absolute Gasteiger partial charge is 0.253 e. The maximum Gasteiger partial charge on any atom is 0.253 e. The van der Waals surface area contributed by atoms with E-state index >= 15 is 0 Å². The monoisotopic (exact) mass is 982 g/mol. The van der Waals surface area contributed by atoms with Gasteiger partial charge < -0.3 is 21.3 Å². The van der Waals surface area contributed by atoms with E-state index in [-0.39, 0.29) is 36.3 Å². The van der Waals surface area contributed by atoms with Gasteiger partial charge in [0.1, 0.15) is 5.82 Å². The van der Waals surface area contributed by atoms with Crippen LogP contribution in [0.15, 0.2) is 109 Å². The Hall–Kier alpha value is -8.11. The summed E-state index contributed by atoms with van der Waals surface area (Å²) in [7, 11) is 0. The second kappa shape index (κ2) is 19.7. The zero-order chi connectivity index (χ0) is 49.3. The third-order valence-electron chi connectivity index (χ3n) is 12.4. The standard InChI is InChI=1S/C28H20ClFN6O.C26H25ClN6O/c29-21-12-17(6-9-20(21)28(37)34-19-7-8-19)25-15-33-27-26(32-14-18-3-1-2-4-22(18)30)35-23-11-16(13-31)5-10-24(23)36(25)27;1-15(2)9-10-29-24-25-30-14-23(33(25)22-8-3-16(13-28)11-21(22)32-24)17-4-7-19(20(27)12-17)26(34)31-18-5-6-18/h1-6,9-12,15,19H,7-8,14H2,(H,32,35)(H,34,37);3-4,7-8,11-12,14-15,18H,5-6,9-10H2,1-2H3,(H,29,32)(H,31,34). The Kier molecular flexibility index (Phi) is 12.9. The number of hydrogen-bond acceptors (Lipinski definition) is 10. The lowest BCUT2D eigenvalue weighted by molar-refractivity contribution is 0.0942. The molecule has 2 saturated carbocycles. The highest BCUT2D eigenvalue weighted by Gasteiger charge is 2.27. The first kappa shape index (κ1) is 46.6. The lowest BCUT2D eigenvalue weighted by atomic mass is 10.1. The molecule has 5 aromatic carbocycles. The molecule has 2 aliphatic rings. The van der Waals surface area contributed by atoms with Crippen LogP contribution in [0.25, 0.3) is 55.9 Å². The van der Waals surface area contributed by atoms with Crippen LogP contribution < -0.4 is 21.3 Å². The third-order valence-corrected chi connectivity index (χ3v) is 13.0. The molecule has 0 radical (unpaired) electrons. The van der Waals surface area contributed by atoms with Gasteiger partial charge >= 0.3 is 0 Å². The van der Waals surface area contributed by atoms with E-state index in [0.717, 1.165) is 72.2 Å². The minimum atomic E-state index is -0.317. The zero-order valence-electron chi connectivity index (χ0n) is 38.6. The molecule has 2 fully saturated rings. The molecule has 14 nitrogen and oxygen atoms in total. The van der Waals surface area contributed by atoms with Crippen molar-refractivity contribution in [1.29, 1.82) is 10.5 Å². The van der Waals surface area contributed by atoms with Gasteiger partial charge in [-0.2, -0.15) is 10.5 Å². The topological polar surface area (TPSA) is 190 Å². The number of benzene rings is 5. The average Bonchev–Trinajstić information content (AvgIpc) is 4.28. The number of aromatic nitrogens is 6. The number of nitrogens with zero attached hydrogens (tertiary/aromatic N) is 8. The third kappa shape index (κ3) is 9.88. The first-order valence-corrected chi connectivity index (χ1v) is 24.1. The maximum absolute atomic E-state index is 14.2. The molecular formula is C54H45Cl2FN12O2. The van der Waals surface area contributed by atoms with Gasteiger partial charge in [0.2, 0.25) is 0 Å². The highest BCUT2D eigenvalue weighted by atomic mass is 35.5. The molecule has 17 heteroatoms. The van der Waals surface area contributed by atoms with E-state index in [0.29, 0.717) is 77.7 Å². The summed E-state index contributed by atoms with van der Waals surface area (Å²) in [6.07, 6.45) is 8.52. The van der Waals surface area contributed by atoms with E-state index in [1.165, 1.54) is 6.07 Å². The highest BCUT2D eigenvalue weighted by molar-refractivity contribution is 6.34. The fourth-order valence-corrected chi connectivity index (χ4v) is 8.79. The van der Waals surface area contributed by atoms with Crippen molar-refractivity contribution >= 4 is 80.0 Å². The number of nitrogens with one attached hydrogen (secondary N) is 4. The summed E-state index contributed by atoms with van der Waals surface area (Å²) >= 11 is 13.1. The van der Waals surface area contributed by atoms with Crippen molar-refractivity contribution in [2.45, 2.75) is 64.6 Å². The normalized spacial score (nSPS) is 13.2. The van der Waals surface area contributed by atoms with Crippen LogP contribution in [0.3, 0.4) is 0 Å². The number of carbonyl (C=O) groups is 2. The maximum atomic E-state index is 14.2. The fourth-order valence-electron chi connectivity index (χ4n) is 8.25. The summed E-state index contributed by atoms with van der Waals surface area (Å²) in [6.45, 7) is 5.33. The predicted molar refractivity (Wildman–Crippen MR) is 274 cm³/mol. The van der Waals surface area contributed by atoms with Crippen molar-refractivity contribution in [2.75, 3.05) is 17.2 Å². The summed E-state index contributed by atoms with van der Waals surface area (Å²) in [5.41, 5.74) is 9.64. The second-order valence-electron chi connectivity index (χ2n) is 18.1. The van der Waals surface area contributed by atoms with E-state index in [4.69, 9.17) is 33.2 Å². The number of halogens is 3. The van der Waals surface area contributed by atoms with Crippen molar-refractivity contribution in [3.05, 3.63) is 153 Å². The summed E-state index contributed by atoms with van der Waals surface area (Å²) < 4.78 is 18.2. The molecule has 71 heavy (non-hydrogen) atoms. The number of rotatable bonds is 13. The molecule has 0 saturated heterocycles. The van der Waals surface area contributed by atoms with E-state index in [9.17, 15) is 24.5 Å². The molecule has 0 unspecified atom stereocenters. The van der Waals surface area contributed by atoms with Crippen LogP contribution in [0.4, 0.5) is 16.0 Å². The molecule has 4 aromatic heterocycles. The molecule has 0 aliphatic heterocycles. The van der Waals surface area contributed by atoms with Gasteiger partial charge in [-0.05, 0) is 105 Å². The van der Waals surface area contributed by atoms with Gasteiger partial charge in [0, 0.05) is 41.9 Å². The van der Waals surface area contributed by atoms with Crippen LogP contribution in [0.5, 0.6) is 0 Å². The molecule has 11 rings (SSSR count). The average molecular weight is 984 g/mol. The van der Waals surface area contributed by atoms with Crippen molar-refractivity contribution in [1.82, 2.24) is 39.4 Å². The summed E-state index contributed by atoms with van der Waals surface area (Å²) in [4.78, 5) is 43.8. The van der Waals surface area contributed by atoms with Gasteiger partial charge in [-0.25, -0.2) is 24.3 Å². The number of hydrogen-bond donors (Lipinski definition) is 4. The van der Waals surface area contributed by atoms with Gasteiger partial charge in [-0.3, -0.25) is 18.4 Å². The minimum absolute atomic E-state index is 0.146. The molecule has 2 amide bonds. The zero-order valence-corrected chi connectivity index (χ0v) is 40.1. The molecule has 4 N–H and O–H groups in total. The van der Waals surface area contributed by atoms with Crippen molar-refractivity contribution in [3.8, 4) is 34.7 Å².